The highest BCUT2D eigenvalue weighted by molar-refractivity contribution is 7.92. The van der Waals surface area contributed by atoms with Crippen molar-refractivity contribution in [3.05, 3.63) is 94.5 Å². The molecule has 1 saturated carbocycles. The Labute approximate surface area is 251 Å². The van der Waals surface area contributed by atoms with Gasteiger partial charge in [-0.3, -0.25) is 24.0 Å². The fourth-order valence-electron chi connectivity index (χ4n) is 5.20. The average Bonchev–Trinajstić information content (AvgIpc) is 3.53. The van der Waals surface area contributed by atoms with Crippen LogP contribution >= 0.6 is 0 Å². The molecule has 0 unspecified atom stereocenters. The SMILES string of the molecule is CC[C@@H](C(=O)NC1CCCC1)N(Cc1ccc(OC)cc1)C(=O)CN(c1ccc([N+](=O)[O-])cc1)S(=O)(=O)c1ccccc1. The van der Waals surface area contributed by atoms with Gasteiger partial charge < -0.3 is 15.0 Å². The van der Waals surface area contributed by atoms with Crippen LogP contribution in [-0.2, 0) is 26.2 Å². The Balaban J connectivity index is 1.71. The Morgan fingerprint density at radius 2 is 1.63 bits per heavy atom. The van der Waals surface area contributed by atoms with E-state index in [4.69, 9.17) is 4.74 Å². The number of nitro groups is 1. The quantitative estimate of drug-likeness (QED) is 0.220. The normalized spacial score (nSPS) is 14.1. The number of nitrogens with zero attached hydrogens (tertiary/aromatic N) is 3. The maximum absolute atomic E-state index is 14.2. The average molecular weight is 609 g/mol. The van der Waals surface area contributed by atoms with E-state index in [2.05, 4.69) is 5.32 Å². The van der Waals surface area contributed by atoms with Crippen molar-refractivity contribution in [2.45, 2.75) is 62.6 Å². The molecule has 0 aliphatic heterocycles. The van der Waals surface area contributed by atoms with E-state index in [0.29, 0.717) is 12.2 Å². The standard InChI is InChI=1S/C31H36N4O7S/c1-3-29(31(37)32-24-9-7-8-10-24)33(21-23-13-19-27(42-2)20-14-23)30(36)22-34(25-15-17-26(18-16-25)35(38)39)43(40,41)28-11-5-4-6-12-28/h4-6,11-20,24,29H,3,7-10,21-22H2,1-2H3,(H,32,37)/t29-/m0/s1. The van der Waals surface area contributed by atoms with Crippen LogP contribution in [0.5, 0.6) is 5.75 Å². The number of sulfonamides is 1. The molecule has 43 heavy (non-hydrogen) atoms. The summed E-state index contributed by atoms with van der Waals surface area (Å²) in [5.41, 5.74) is 0.590. The molecule has 1 N–H and O–H groups in total. The molecule has 11 nitrogen and oxygen atoms in total. The van der Waals surface area contributed by atoms with Crippen LogP contribution in [0.15, 0.2) is 83.8 Å². The van der Waals surface area contributed by atoms with Gasteiger partial charge >= 0.3 is 0 Å². The molecule has 0 bridgehead atoms. The van der Waals surface area contributed by atoms with Crippen LogP contribution in [0.3, 0.4) is 0 Å². The van der Waals surface area contributed by atoms with Crippen molar-refractivity contribution < 1.29 is 27.7 Å². The first-order chi connectivity index (χ1) is 20.6. The third-order valence-corrected chi connectivity index (χ3v) is 9.35. The monoisotopic (exact) mass is 608 g/mol. The summed E-state index contributed by atoms with van der Waals surface area (Å²) in [6.07, 6.45) is 4.11. The number of amides is 2. The number of rotatable bonds is 13. The number of anilines is 1. The lowest BCUT2D eigenvalue weighted by Crippen LogP contribution is -2.53. The first kappa shape index (κ1) is 31.5. The minimum absolute atomic E-state index is 0.0366. The highest BCUT2D eigenvalue weighted by Gasteiger charge is 2.34. The predicted molar refractivity (Wildman–Crippen MR) is 162 cm³/mol. The highest BCUT2D eigenvalue weighted by atomic mass is 32.2. The van der Waals surface area contributed by atoms with Gasteiger partial charge in [-0.2, -0.15) is 0 Å². The van der Waals surface area contributed by atoms with E-state index in [1.165, 1.54) is 41.3 Å². The smallest absolute Gasteiger partial charge is 0.269 e. The summed E-state index contributed by atoms with van der Waals surface area (Å²) in [5.74, 6) is -0.253. The third-order valence-electron chi connectivity index (χ3n) is 7.56. The number of nitro benzene ring substituents is 1. The Morgan fingerprint density at radius 3 is 2.19 bits per heavy atom. The van der Waals surface area contributed by atoms with Crippen LogP contribution in [0.2, 0.25) is 0 Å². The Morgan fingerprint density at radius 1 is 1.00 bits per heavy atom. The lowest BCUT2D eigenvalue weighted by Gasteiger charge is -2.33. The van der Waals surface area contributed by atoms with E-state index in [1.54, 1.807) is 49.6 Å². The molecule has 1 atom stereocenters. The van der Waals surface area contributed by atoms with Gasteiger partial charge in [-0.25, -0.2) is 8.42 Å². The molecule has 0 heterocycles. The largest absolute Gasteiger partial charge is 0.497 e. The van der Waals surface area contributed by atoms with Crippen LogP contribution < -0.4 is 14.4 Å². The van der Waals surface area contributed by atoms with Crippen molar-refractivity contribution in [1.29, 1.82) is 0 Å². The summed E-state index contributed by atoms with van der Waals surface area (Å²) in [5, 5.41) is 14.3. The van der Waals surface area contributed by atoms with E-state index in [-0.39, 0.29) is 34.8 Å². The van der Waals surface area contributed by atoms with Crippen molar-refractivity contribution in [2.75, 3.05) is 18.0 Å². The fourth-order valence-corrected chi connectivity index (χ4v) is 6.64. The highest BCUT2D eigenvalue weighted by Crippen LogP contribution is 2.27. The number of hydrogen-bond acceptors (Lipinski definition) is 7. The van der Waals surface area contributed by atoms with Crippen LogP contribution in [0, 0.1) is 10.1 Å². The molecule has 2 amide bonds. The molecule has 1 aliphatic carbocycles. The van der Waals surface area contributed by atoms with Crippen molar-refractivity contribution >= 4 is 33.2 Å². The zero-order valence-electron chi connectivity index (χ0n) is 24.2. The Kier molecular flexibility index (Phi) is 10.4. The molecule has 0 spiro atoms. The molecule has 0 aromatic heterocycles. The van der Waals surface area contributed by atoms with Gasteiger partial charge in [0.15, 0.2) is 0 Å². The summed E-state index contributed by atoms with van der Waals surface area (Å²) in [6.45, 7) is 1.24. The van der Waals surface area contributed by atoms with Gasteiger partial charge in [0.2, 0.25) is 11.8 Å². The summed E-state index contributed by atoms with van der Waals surface area (Å²) in [6, 6.07) is 18.9. The van der Waals surface area contributed by atoms with Gasteiger partial charge in [0.1, 0.15) is 18.3 Å². The maximum Gasteiger partial charge on any atom is 0.269 e. The van der Waals surface area contributed by atoms with E-state index >= 15 is 0 Å². The van der Waals surface area contributed by atoms with Gasteiger partial charge in [0, 0.05) is 24.7 Å². The zero-order chi connectivity index (χ0) is 31.0. The molecule has 0 saturated heterocycles. The first-order valence-corrected chi connectivity index (χ1v) is 15.6. The number of non-ortho nitro benzene ring substituents is 1. The molecule has 228 valence electrons. The number of benzene rings is 3. The zero-order valence-corrected chi connectivity index (χ0v) is 25.0. The van der Waals surface area contributed by atoms with Crippen molar-refractivity contribution in [3.63, 3.8) is 0 Å². The minimum Gasteiger partial charge on any atom is -0.497 e. The van der Waals surface area contributed by atoms with Crippen LogP contribution in [0.4, 0.5) is 11.4 Å². The van der Waals surface area contributed by atoms with Crippen molar-refractivity contribution in [1.82, 2.24) is 10.2 Å². The Bertz CT molecular complexity index is 1510. The first-order valence-electron chi connectivity index (χ1n) is 14.2. The van der Waals surface area contributed by atoms with Crippen LogP contribution in [-0.4, -0.2) is 55.8 Å². The van der Waals surface area contributed by atoms with Gasteiger partial charge in [-0.1, -0.05) is 50.1 Å². The molecule has 3 aromatic carbocycles. The van der Waals surface area contributed by atoms with Gasteiger partial charge in [-0.05, 0) is 61.2 Å². The molecular weight excluding hydrogens is 572 g/mol. The van der Waals surface area contributed by atoms with Crippen LogP contribution in [0.25, 0.3) is 0 Å². The second-order valence-electron chi connectivity index (χ2n) is 10.4. The van der Waals surface area contributed by atoms with Gasteiger partial charge in [0.05, 0.1) is 22.6 Å². The number of ether oxygens (including phenoxy) is 1. The second kappa shape index (κ2) is 14.1. The second-order valence-corrected chi connectivity index (χ2v) is 12.2. The maximum atomic E-state index is 14.2. The van der Waals surface area contributed by atoms with Crippen molar-refractivity contribution in [3.8, 4) is 5.75 Å². The molecule has 12 heteroatoms. The Hall–Kier alpha value is -4.45. The van der Waals surface area contributed by atoms with Crippen LogP contribution in [0.1, 0.15) is 44.6 Å². The summed E-state index contributed by atoms with van der Waals surface area (Å²) in [4.78, 5) is 39.7. The number of carbonyl (C=O) groups excluding carboxylic acids is 2. The fraction of sp³-hybridized carbons (Fsp3) is 0.355. The number of carbonyl (C=O) groups is 2. The molecule has 4 rings (SSSR count). The lowest BCUT2D eigenvalue weighted by atomic mass is 10.1. The number of nitrogens with one attached hydrogen (secondary N) is 1. The van der Waals surface area contributed by atoms with Gasteiger partial charge in [0.25, 0.3) is 15.7 Å². The third kappa shape index (κ3) is 7.69. The number of hydrogen-bond donors (Lipinski definition) is 1. The number of methoxy groups -OCH3 is 1. The van der Waals surface area contributed by atoms with Gasteiger partial charge in [-0.15, -0.1) is 0 Å². The van der Waals surface area contributed by atoms with Crippen molar-refractivity contribution in [2.24, 2.45) is 0 Å². The molecular formula is C31H36N4O7S. The van der Waals surface area contributed by atoms with E-state index in [9.17, 15) is 28.1 Å². The summed E-state index contributed by atoms with van der Waals surface area (Å²) < 4.78 is 33.9. The van der Waals surface area contributed by atoms with E-state index in [0.717, 1.165) is 35.6 Å². The minimum atomic E-state index is -4.27. The predicted octanol–water partition coefficient (Wildman–Crippen LogP) is 4.66. The van der Waals surface area contributed by atoms with E-state index in [1.807, 2.05) is 6.92 Å². The molecule has 1 fully saturated rings. The molecule has 3 aromatic rings. The topological polar surface area (TPSA) is 139 Å². The molecule has 0 radical (unpaired) electrons. The lowest BCUT2D eigenvalue weighted by molar-refractivity contribution is -0.384. The summed E-state index contributed by atoms with van der Waals surface area (Å²) >= 11 is 0. The van der Waals surface area contributed by atoms with E-state index < -0.39 is 33.4 Å². The molecule has 1 aliphatic rings. The summed E-state index contributed by atoms with van der Waals surface area (Å²) in [7, 11) is -2.72.